The number of aryl methyl sites for hydroxylation is 1. The van der Waals surface area contributed by atoms with E-state index < -0.39 is 84.7 Å². The van der Waals surface area contributed by atoms with Crippen LogP contribution in [0.1, 0.15) is 120 Å². The van der Waals surface area contributed by atoms with E-state index in [1.807, 2.05) is 85.0 Å². The van der Waals surface area contributed by atoms with E-state index in [2.05, 4.69) is 48.3 Å². The Hall–Kier alpha value is -0.978. The van der Waals surface area contributed by atoms with Crippen molar-refractivity contribution in [3.8, 4) is 0 Å². The molecular formula is C42H66BCl3INO9SSi. The highest BCUT2D eigenvalue weighted by Gasteiger charge is 2.50. The Labute approximate surface area is 387 Å². The van der Waals surface area contributed by atoms with Gasteiger partial charge in [-0.05, 0) is 117 Å². The molecule has 2 rings (SSSR count). The van der Waals surface area contributed by atoms with E-state index in [0.717, 1.165) is 38.0 Å². The van der Waals surface area contributed by atoms with Crippen LogP contribution in [-0.2, 0) is 37.5 Å². The predicted molar refractivity (Wildman–Crippen MR) is 253 cm³/mol. The SMILES string of the molecule is CC[Si](CC)(CC)O[C@@H](CC(=O)O[C@@H](C/C=C(/C)I)/C(C)=C/c1csc(C)n1)C(C)(C)C(=O)[C@H](C)[C@@H](OC(=O)OCC(Cl)(Cl)Cl)[C@@H](C)C/C=C/B1OC(C)(C)C(C)(C)O1. The molecule has 0 amide bonds. The molecule has 1 fully saturated rings. The summed E-state index contributed by atoms with van der Waals surface area (Å²) in [5.74, 6) is -0.177. The van der Waals surface area contributed by atoms with Crippen molar-refractivity contribution in [1.29, 1.82) is 0 Å². The molecule has 1 aliphatic rings. The van der Waals surface area contributed by atoms with Gasteiger partial charge in [-0.2, -0.15) is 0 Å². The second kappa shape index (κ2) is 23.1. The van der Waals surface area contributed by atoms with Crippen molar-refractivity contribution >= 4 is 108 Å². The first-order valence-electron chi connectivity index (χ1n) is 20.4. The van der Waals surface area contributed by atoms with E-state index in [-0.39, 0.29) is 12.2 Å². The summed E-state index contributed by atoms with van der Waals surface area (Å²) in [5.41, 5.74) is -0.604. The van der Waals surface area contributed by atoms with Gasteiger partial charge in [-0.25, -0.2) is 9.78 Å². The van der Waals surface area contributed by atoms with Crippen LogP contribution in [-0.4, -0.2) is 78.2 Å². The van der Waals surface area contributed by atoms with Crippen LogP contribution in [0.4, 0.5) is 4.79 Å². The van der Waals surface area contributed by atoms with Gasteiger partial charge in [-0.3, -0.25) is 9.59 Å². The Morgan fingerprint density at radius 2 is 1.58 bits per heavy atom. The van der Waals surface area contributed by atoms with Crippen LogP contribution < -0.4 is 0 Å². The van der Waals surface area contributed by atoms with Gasteiger partial charge in [0, 0.05) is 17.2 Å². The number of esters is 1. The lowest BCUT2D eigenvalue weighted by Crippen LogP contribution is -2.52. The average Bonchev–Trinajstić information content (AvgIpc) is 3.64. The number of halogens is 4. The minimum Gasteiger partial charge on any atom is -0.457 e. The number of allylic oxidation sites excluding steroid dienone is 2. The lowest BCUT2D eigenvalue weighted by Gasteiger charge is -2.42. The molecular weight excluding hydrogens is 967 g/mol. The van der Waals surface area contributed by atoms with Crippen LogP contribution in [0.25, 0.3) is 6.08 Å². The third kappa shape index (κ3) is 16.6. The Morgan fingerprint density at radius 3 is 2.07 bits per heavy atom. The van der Waals surface area contributed by atoms with Gasteiger partial charge in [0.1, 0.15) is 24.6 Å². The zero-order valence-corrected chi connectivity index (χ0v) is 43.6. The zero-order chi connectivity index (χ0) is 45.1. The number of nitrogens with zero attached hydrogens (tertiary/aromatic N) is 1. The number of thiazole rings is 1. The molecule has 0 bridgehead atoms. The van der Waals surface area contributed by atoms with E-state index in [1.165, 1.54) is 0 Å². The van der Waals surface area contributed by atoms with Crippen LogP contribution in [0.5, 0.6) is 0 Å². The fourth-order valence-corrected chi connectivity index (χ4v) is 10.8. The van der Waals surface area contributed by atoms with Gasteiger partial charge in [0.05, 0.1) is 40.3 Å². The summed E-state index contributed by atoms with van der Waals surface area (Å²) in [6.07, 6.45) is 3.13. The van der Waals surface area contributed by atoms with E-state index in [1.54, 1.807) is 32.1 Å². The largest absolute Gasteiger partial charge is 0.508 e. The van der Waals surface area contributed by atoms with Gasteiger partial charge < -0.3 is 27.9 Å². The fraction of sp³-hybridized carbons (Fsp3) is 0.714. The number of rotatable bonds is 22. The van der Waals surface area contributed by atoms with E-state index >= 15 is 0 Å². The molecule has 0 unspecified atom stereocenters. The number of hydrogen-bond donors (Lipinski definition) is 0. The molecule has 0 radical (unpaired) electrons. The van der Waals surface area contributed by atoms with Gasteiger partial charge in [0.15, 0.2) is 8.32 Å². The first-order valence-corrected chi connectivity index (χ1v) is 26.0. The van der Waals surface area contributed by atoms with Crippen molar-refractivity contribution in [1.82, 2.24) is 4.98 Å². The Balaban J connectivity index is 2.50. The standard InChI is InChI=1S/C42H66BCl3INO9SSi/c1-15-59(16-2,17-3)55-34(24-35(49)53-33(21-20-29(6)47)28(5)23-32-25-58-31(8)48-32)39(9,10)37(50)30(7)36(54-38(51)52-26-42(44,45)46)27(4)19-18-22-43-56-40(11,12)41(13,14)57-43/h18,20,22-23,25,27,30,33-34,36H,15-17,19,21,24,26H2,1-14H3/b22-18+,28-23+,29-20-/t27-,30+,33-,34-,36-/m0/s1. The van der Waals surface area contributed by atoms with Crippen molar-refractivity contribution in [3.63, 3.8) is 0 Å². The summed E-state index contributed by atoms with van der Waals surface area (Å²) in [4.78, 5) is 46.7. The zero-order valence-electron chi connectivity index (χ0n) is 37.3. The van der Waals surface area contributed by atoms with Crippen molar-refractivity contribution < 1.29 is 42.3 Å². The first-order chi connectivity index (χ1) is 27.1. The number of carbonyl (C=O) groups is 3. The van der Waals surface area contributed by atoms with Crippen LogP contribution in [0.3, 0.4) is 0 Å². The third-order valence-electron chi connectivity index (χ3n) is 11.7. The maximum absolute atomic E-state index is 14.9. The number of Topliss-reactive ketones (excluding diaryl/α,β-unsaturated/α-hetero) is 1. The lowest BCUT2D eigenvalue weighted by atomic mass is 9.73. The normalized spacial score (nSPS) is 19.0. The molecule has 1 aliphatic heterocycles. The minimum absolute atomic E-state index is 0.157. The molecule has 0 saturated carbocycles. The lowest BCUT2D eigenvalue weighted by molar-refractivity contribution is -0.153. The molecule has 5 atom stereocenters. The number of aromatic nitrogens is 1. The van der Waals surface area contributed by atoms with Gasteiger partial charge in [0.25, 0.3) is 0 Å². The summed E-state index contributed by atoms with van der Waals surface area (Å²) < 4.78 is 35.7. The smallest absolute Gasteiger partial charge is 0.457 e. The monoisotopic (exact) mass is 1030 g/mol. The molecule has 2 heterocycles. The van der Waals surface area contributed by atoms with Gasteiger partial charge in [-0.15, -0.1) is 11.3 Å². The molecule has 334 valence electrons. The summed E-state index contributed by atoms with van der Waals surface area (Å²) in [5, 5.41) is 2.91. The highest BCUT2D eigenvalue weighted by atomic mass is 127. The van der Waals surface area contributed by atoms with Gasteiger partial charge in [0.2, 0.25) is 3.79 Å². The maximum atomic E-state index is 14.9. The minimum atomic E-state index is -2.40. The quantitative estimate of drug-likeness (QED) is 0.0480. The molecule has 0 spiro atoms. The molecule has 1 aromatic rings. The highest BCUT2D eigenvalue weighted by molar-refractivity contribution is 14.1. The summed E-state index contributed by atoms with van der Waals surface area (Å²) in [6.45, 7) is 26.7. The molecule has 1 aromatic heterocycles. The van der Waals surface area contributed by atoms with E-state index in [4.69, 9.17) is 62.7 Å². The Bertz CT molecular complexity index is 1630. The second-order valence-electron chi connectivity index (χ2n) is 17.1. The number of ether oxygens (including phenoxy) is 3. The number of hydrogen-bond acceptors (Lipinski definition) is 11. The molecule has 17 heteroatoms. The third-order valence-corrected chi connectivity index (χ3v) is 17.9. The summed E-state index contributed by atoms with van der Waals surface area (Å²) in [6, 6.07) is 2.40. The van der Waals surface area contributed by atoms with Crippen molar-refractivity contribution in [2.45, 2.75) is 168 Å². The predicted octanol–water partition coefficient (Wildman–Crippen LogP) is 12.6. The number of ketones is 1. The average molecular weight is 1030 g/mol. The van der Waals surface area contributed by atoms with Gasteiger partial charge in [-0.1, -0.05) is 101 Å². The summed E-state index contributed by atoms with van der Waals surface area (Å²) >= 11 is 21.4. The summed E-state index contributed by atoms with van der Waals surface area (Å²) in [7, 11) is -2.97. The van der Waals surface area contributed by atoms with Crippen LogP contribution >= 0.6 is 68.7 Å². The van der Waals surface area contributed by atoms with Crippen LogP contribution in [0, 0.1) is 24.2 Å². The van der Waals surface area contributed by atoms with Crippen molar-refractivity contribution in [2.24, 2.45) is 17.3 Å². The first kappa shape index (κ1) is 54.2. The second-order valence-corrected chi connectivity index (χ2v) is 27.1. The van der Waals surface area contributed by atoms with Crippen LogP contribution in [0.15, 0.2) is 32.7 Å². The number of carbonyl (C=O) groups excluding carboxylic acids is 3. The topological polar surface area (TPSA) is 119 Å². The maximum Gasteiger partial charge on any atom is 0.508 e. The Kier molecular flexibility index (Phi) is 21.2. The van der Waals surface area contributed by atoms with Crippen molar-refractivity contribution in [2.75, 3.05) is 6.61 Å². The van der Waals surface area contributed by atoms with E-state index in [0.29, 0.717) is 12.8 Å². The molecule has 0 aliphatic carbocycles. The van der Waals surface area contributed by atoms with Crippen LogP contribution in [0.2, 0.25) is 18.1 Å². The highest BCUT2D eigenvalue weighted by Crippen LogP contribution is 2.39. The molecule has 1 saturated heterocycles. The molecule has 10 nitrogen and oxygen atoms in total. The molecule has 0 N–H and O–H groups in total. The molecule has 0 aromatic carbocycles. The Morgan fingerprint density at radius 1 is 1.00 bits per heavy atom. The van der Waals surface area contributed by atoms with Crippen molar-refractivity contribution in [3.05, 3.63) is 43.4 Å². The fourth-order valence-electron chi connectivity index (χ4n) is 6.87. The van der Waals surface area contributed by atoms with E-state index in [9.17, 15) is 14.4 Å². The van der Waals surface area contributed by atoms with Gasteiger partial charge >= 0.3 is 19.2 Å². The number of alkyl halides is 3. The molecule has 59 heavy (non-hydrogen) atoms.